The smallest absolute Gasteiger partial charge is 0.305 e. The molecule has 0 radical (unpaired) electrons. The number of nitrogens with zero attached hydrogens (tertiary/aromatic N) is 1. The Bertz CT molecular complexity index is 776. The monoisotopic (exact) mass is 362 g/mol. The fourth-order valence-corrected chi connectivity index (χ4v) is 2.92. The van der Waals surface area contributed by atoms with Gasteiger partial charge in [0, 0.05) is 4.88 Å². The number of hydrogen-bond donors (Lipinski definition) is 4. The zero-order chi connectivity index (χ0) is 18.4. The van der Waals surface area contributed by atoms with Crippen LogP contribution >= 0.6 is 11.3 Å². The van der Waals surface area contributed by atoms with Gasteiger partial charge in [-0.3, -0.25) is 14.4 Å². The summed E-state index contributed by atoms with van der Waals surface area (Å²) in [5.41, 5.74) is 6.40. The van der Waals surface area contributed by atoms with Crippen molar-refractivity contribution in [2.75, 3.05) is 12.3 Å². The normalized spacial score (nSPS) is 11.6. The Morgan fingerprint density at radius 2 is 1.96 bits per heavy atom. The van der Waals surface area contributed by atoms with Crippen LogP contribution in [0.3, 0.4) is 0 Å². The van der Waals surface area contributed by atoms with Gasteiger partial charge in [0.15, 0.2) is 5.13 Å². The summed E-state index contributed by atoms with van der Waals surface area (Å²) >= 11 is 1.19. The van der Waals surface area contributed by atoms with E-state index in [1.807, 2.05) is 0 Å². The minimum absolute atomic E-state index is 0.181. The summed E-state index contributed by atoms with van der Waals surface area (Å²) in [6, 6.07) is 8.09. The first-order chi connectivity index (χ1) is 11.9. The van der Waals surface area contributed by atoms with Gasteiger partial charge in [-0.2, -0.15) is 0 Å². The summed E-state index contributed by atoms with van der Waals surface area (Å²) in [4.78, 5) is 39.7. The molecule has 0 bridgehead atoms. The molecule has 1 heterocycles. The summed E-state index contributed by atoms with van der Waals surface area (Å²) in [5.74, 6) is -2.04. The van der Waals surface area contributed by atoms with Gasteiger partial charge < -0.3 is 21.5 Å². The molecule has 2 aromatic rings. The molecule has 1 atom stereocenters. The Morgan fingerprint density at radius 1 is 1.28 bits per heavy atom. The number of rotatable bonds is 7. The molecular weight excluding hydrogens is 344 g/mol. The third-order valence-electron chi connectivity index (χ3n) is 3.35. The quantitative estimate of drug-likeness (QED) is 0.582. The van der Waals surface area contributed by atoms with E-state index in [9.17, 15) is 14.4 Å². The number of nitrogens with two attached hydrogens (primary N) is 1. The van der Waals surface area contributed by atoms with Gasteiger partial charge in [-0.1, -0.05) is 30.3 Å². The van der Waals surface area contributed by atoms with E-state index in [0.717, 1.165) is 0 Å². The molecule has 25 heavy (non-hydrogen) atoms. The number of hydrogen-bond acceptors (Lipinski definition) is 6. The largest absolute Gasteiger partial charge is 0.481 e. The van der Waals surface area contributed by atoms with Gasteiger partial charge >= 0.3 is 5.97 Å². The van der Waals surface area contributed by atoms with Crippen molar-refractivity contribution >= 4 is 34.3 Å². The highest BCUT2D eigenvalue weighted by Crippen LogP contribution is 2.19. The highest BCUT2D eigenvalue weighted by molar-refractivity contribution is 7.15. The molecule has 5 N–H and O–H groups in total. The predicted molar refractivity (Wildman–Crippen MR) is 93.2 cm³/mol. The van der Waals surface area contributed by atoms with Gasteiger partial charge in [0.2, 0.25) is 5.91 Å². The number of carboxylic acid groups (broad SMARTS) is 1. The van der Waals surface area contributed by atoms with Crippen LogP contribution in [-0.4, -0.2) is 34.4 Å². The summed E-state index contributed by atoms with van der Waals surface area (Å²) in [7, 11) is 0. The Labute approximate surface area is 148 Å². The molecule has 0 aliphatic carbocycles. The number of nitrogens with one attached hydrogen (secondary N) is 2. The molecule has 1 aromatic carbocycles. The van der Waals surface area contributed by atoms with Crippen molar-refractivity contribution in [1.29, 1.82) is 0 Å². The first kappa shape index (κ1) is 18.4. The number of aryl methyl sites for hydroxylation is 1. The number of anilines is 1. The highest BCUT2D eigenvalue weighted by atomic mass is 32.1. The SMILES string of the molecule is Cc1sc(N)nc1C(=O)NCC(=O)NC(CC(=O)O)c1ccccc1. The standard InChI is InChI=1S/C16H18N4O4S/c1-9-14(20-16(17)25-9)15(24)18-8-12(21)19-11(7-13(22)23)10-5-3-2-4-6-10/h2-6,11H,7-8H2,1H3,(H2,17,20)(H,18,24)(H,19,21)(H,22,23). The summed E-state index contributed by atoms with van der Waals surface area (Å²) in [6.45, 7) is 1.42. The first-order valence-corrected chi connectivity index (χ1v) is 8.25. The number of thiazole rings is 1. The van der Waals surface area contributed by atoms with E-state index in [1.165, 1.54) is 11.3 Å². The zero-order valence-corrected chi connectivity index (χ0v) is 14.3. The van der Waals surface area contributed by atoms with Crippen molar-refractivity contribution < 1.29 is 19.5 Å². The molecule has 2 amide bonds. The number of nitrogen functional groups attached to an aromatic ring is 1. The molecule has 1 unspecified atom stereocenters. The fraction of sp³-hybridized carbons (Fsp3) is 0.250. The predicted octanol–water partition coefficient (Wildman–Crippen LogP) is 1.10. The van der Waals surface area contributed by atoms with Gasteiger partial charge in [0.25, 0.3) is 5.91 Å². The Morgan fingerprint density at radius 3 is 2.52 bits per heavy atom. The van der Waals surface area contributed by atoms with Crippen molar-refractivity contribution in [1.82, 2.24) is 15.6 Å². The van der Waals surface area contributed by atoms with Gasteiger partial charge in [-0.25, -0.2) is 4.98 Å². The van der Waals surface area contributed by atoms with Crippen LogP contribution in [0.4, 0.5) is 5.13 Å². The minimum Gasteiger partial charge on any atom is -0.481 e. The van der Waals surface area contributed by atoms with E-state index in [2.05, 4.69) is 15.6 Å². The van der Waals surface area contributed by atoms with Gasteiger partial charge in [0.05, 0.1) is 19.0 Å². The Kier molecular flexibility index (Phi) is 6.07. The number of aromatic nitrogens is 1. The molecule has 132 valence electrons. The molecule has 0 spiro atoms. The second-order valence-electron chi connectivity index (χ2n) is 5.27. The van der Waals surface area contributed by atoms with Gasteiger partial charge in [0.1, 0.15) is 5.69 Å². The van der Waals surface area contributed by atoms with Crippen molar-refractivity contribution in [2.24, 2.45) is 0 Å². The molecule has 0 fully saturated rings. The van der Waals surface area contributed by atoms with Gasteiger partial charge in [-0.05, 0) is 12.5 Å². The zero-order valence-electron chi connectivity index (χ0n) is 13.5. The average Bonchev–Trinajstić information content (AvgIpc) is 2.91. The first-order valence-electron chi connectivity index (χ1n) is 7.44. The number of aliphatic carboxylic acids is 1. The van der Waals surface area contributed by atoms with Crippen LogP contribution in [0.1, 0.15) is 33.4 Å². The van der Waals surface area contributed by atoms with Gasteiger partial charge in [-0.15, -0.1) is 11.3 Å². The molecule has 2 rings (SSSR count). The Balaban J connectivity index is 1.96. The lowest BCUT2D eigenvalue weighted by Crippen LogP contribution is -2.39. The van der Waals surface area contributed by atoms with Crippen LogP contribution in [0.2, 0.25) is 0 Å². The third kappa shape index (κ3) is 5.28. The van der Waals surface area contributed by atoms with Crippen molar-refractivity contribution in [2.45, 2.75) is 19.4 Å². The number of carbonyl (C=O) groups excluding carboxylic acids is 2. The van der Waals surface area contributed by atoms with E-state index in [1.54, 1.807) is 37.3 Å². The van der Waals surface area contributed by atoms with E-state index < -0.39 is 23.8 Å². The van der Waals surface area contributed by atoms with Crippen LogP contribution in [0, 0.1) is 6.92 Å². The average molecular weight is 362 g/mol. The number of carboxylic acids is 1. The molecular formula is C16H18N4O4S. The molecule has 1 aromatic heterocycles. The molecule has 0 saturated carbocycles. The molecule has 8 nitrogen and oxygen atoms in total. The lowest BCUT2D eigenvalue weighted by atomic mass is 10.0. The summed E-state index contributed by atoms with van der Waals surface area (Å²) < 4.78 is 0. The summed E-state index contributed by atoms with van der Waals surface area (Å²) in [5, 5.41) is 14.4. The van der Waals surface area contributed by atoms with E-state index >= 15 is 0 Å². The number of benzene rings is 1. The topological polar surface area (TPSA) is 134 Å². The summed E-state index contributed by atoms with van der Waals surface area (Å²) in [6.07, 6.45) is -0.259. The van der Waals surface area contributed by atoms with Crippen LogP contribution in [0.15, 0.2) is 30.3 Å². The minimum atomic E-state index is -1.04. The van der Waals surface area contributed by atoms with Crippen molar-refractivity contribution in [3.63, 3.8) is 0 Å². The van der Waals surface area contributed by atoms with E-state index in [4.69, 9.17) is 10.8 Å². The molecule has 9 heteroatoms. The van der Waals surface area contributed by atoms with Crippen molar-refractivity contribution in [3.05, 3.63) is 46.5 Å². The lowest BCUT2D eigenvalue weighted by Gasteiger charge is -2.17. The van der Waals surface area contributed by atoms with E-state index in [0.29, 0.717) is 10.4 Å². The molecule has 0 aliphatic rings. The lowest BCUT2D eigenvalue weighted by molar-refractivity contribution is -0.137. The number of amides is 2. The maximum atomic E-state index is 12.1. The molecule has 0 saturated heterocycles. The van der Waals surface area contributed by atoms with Crippen LogP contribution in [-0.2, 0) is 9.59 Å². The second-order valence-corrected chi connectivity index (χ2v) is 6.50. The maximum absolute atomic E-state index is 12.1. The Hall–Kier alpha value is -2.94. The van der Waals surface area contributed by atoms with Crippen LogP contribution in [0.5, 0.6) is 0 Å². The highest BCUT2D eigenvalue weighted by Gasteiger charge is 2.19. The van der Waals surface area contributed by atoms with Crippen LogP contribution < -0.4 is 16.4 Å². The third-order valence-corrected chi connectivity index (χ3v) is 4.15. The van der Waals surface area contributed by atoms with Crippen molar-refractivity contribution in [3.8, 4) is 0 Å². The van der Waals surface area contributed by atoms with Crippen LogP contribution in [0.25, 0.3) is 0 Å². The number of carbonyl (C=O) groups is 3. The maximum Gasteiger partial charge on any atom is 0.305 e. The molecule has 0 aliphatic heterocycles. The second kappa shape index (κ2) is 8.25. The fourth-order valence-electron chi connectivity index (χ4n) is 2.23. The van der Waals surface area contributed by atoms with E-state index in [-0.39, 0.29) is 23.8 Å².